The summed E-state index contributed by atoms with van der Waals surface area (Å²) in [5, 5.41) is 18.6. The van der Waals surface area contributed by atoms with E-state index < -0.39 is 5.97 Å². The SMILES string of the molecule is O=C(O)c1cc2c(nc1Oc1ccccc1CO)CCC2. The van der Waals surface area contributed by atoms with E-state index in [0.717, 1.165) is 30.5 Å². The second kappa shape index (κ2) is 5.54. The van der Waals surface area contributed by atoms with Crippen molar-refractivity contribution in [2.24, 2.45) is 0 Å². The molecule has 2 N–H and O–H groups in total. The van der Waals surface area contributed by atoms with Crippen LogP contribution in [0, 0.1) is 0 Å². The van der Waals surface area contributed by atoms with Crippen LogP contribution in [0.25, 0.3) is 0 Å². The minimum absolute atomic E-state index is 0.0587. The maximum atomic E-state index is 11.4. The smallest absolute Gasteiger partial charge is 0.341 e. The standard InChI is InChI=1S/C16H15NO4/c18-9-11-4-1-2-7-14(11)21-15-12(16(19)20)8-10-5-3-6-13(10)17-15/h1-2,4,7-8,18H,3,5-6,9H2,(H,19,20). The van der Waals surface area contributed by atoms with E-state index in [1.54, 1.807) is 30.3 Å². The molecule has 1 aliphatic carbocycles. The molecule has 5 heteroatoms. The Labute approximate surface area is 121 Å². The number of para-hydroxylation sites is 1. The monoisotopic (exact) mass is 285 g/mol. The number of nitrogens with zero attached hydrogens (tertiary/aromatic N) is 1. The lowest BCUT2D eigenvalue weighted by Gasteiger charge is -2.12. The van der Waals surface area contributed by atoms with Gasteiger partial charge in [0.05, 0.1) is 6.61 Å². The van der Waals surface area contributed by atoms with Crippen LogP contribution in [0.4, 0.5) is 0 Å². The molecule has 3 rings (SSSR count). The third-order valence-corrected chi connectivity index (χ3v) is 3.60. The molecule has 0 atom stereocenters. The number of aryl methyl sites for hydroxylation is 2. The lowest BCUT2D eigenvalue weighted by atomic mass is 10.1. The molecule has 2 aromatic rings. The van der Waals surface area contributed by atoms with Crippen LogP contribution in [-0.2, 0) is 19.4 Å². The molecule has 0 amide bonds. The molecule has 0 radical (unpaired) electrons. The van der Waals surface area contributed by atoms with E-state index in [0.29, 0.717) is 11.3 Å². The molecule has 0 fully saturated rings. The van der Waals surface area contributed by atoms with Crippen molar-refractivity contribution in [2.45, 2.75) is 25.9 Å². The van der Waals surface area contributed by atoms with Gasteiger partial charge in [-0.2, -0.15) is 0 Å². The highest BCUT2D eigenvalue weighted by Crippen LogP contribution is 2.31. The summed E-state index contributed by atoms with van der Waals surface area (Å²) in [5.41, 5.74) is 2.53. The Morgan fingerprint density at radius 2 is 2.10 bits per heavy atom. The highest BCUT2D eigenvalue weighted by molar-refractivity contribution is 5.90. The number of rotatable bonds is 4. The normalized spacial score (nSPS) is 13.0. The van der Waals surface area contributed by atoms with Gasteiger partial charge in [0.2, 0.25) is 5.88 Å². The van der Waals surface area contributed by atoms with Gasteiger partial charge >= 0.3 is 5.97 Å². The molecule has 21 heavy (non-hydrogen) atoms. The lowest BCUT2D eigenvalue weighted by Crippen LogP contribution is -2.05. The van der Waals surface area contributed by atoms with E-state index in [-0.39, 0.29) is 18.1 Å². The predicted octanol–water partition coefficient (Wildman–Crippen LogP) is 2.55. The predicted molar refractivity (Wildman–Crippen MR) is 75.7 cm³/mol. The van der Waals surface area contributed by atoms with Crippen LogP contribution in [0.5, 0.6) is 11.6 Å². The van der Waals surface area contributed by atoms with Crippen LogP contribution >= 0.6 is 0 Å². The van der Waals surface area contributed by atoms with E-state index >= 15 is 0 Å². The van der Waals surface area contributed by atoms with Crippen molar-refractivity contribution in [2.75, 3.05) is 0 Å². The molecule has 0 saturated carbocycles. The summed E-state index contributed by atoms with van der Waals surface area (Å²) in [6, 6.07) is 8.61. The summed E-state index contributed by atoms with van der Waals surface area (Å²) < 4.78 is 5.67. The molecule has 1 aromatic carbocycles. The van der Waals surface area contributed by atoms with E-state index in [2.05, 4.69) is 4.98 Å². The van der Waals surface area contributed by atoms with Gasteiger partial charge in [-0.1, -0.05) is 18.2 Å². The first kappa shape index (κ1) is 13.6. The Bertz CT molecular complexity index is 697. The van der Waals surface area contributed by atoms with Gasteiger partial charge < -0.3 is 14.9 Å². The minimum Gasteiger partial charge on any atom is -0.477 e. The summed E-state index contributed by atoms with van der Waals surface area (Å²) >= 11 is 0. The van der Waals surface area contributed by atoms with E-state index in [1.165, 1.54) is 0 Å². The van der Waals surface area contributed by atoms with Crippen LogP contribution < -0.4 is 4.74 Å². The highest BCUT2D eigenvalue weighted by Gasteiger charge is 2.21. The maximum absolute atomic E-state index is 11.4. The largest absolute Gasteiger partial charge is 0.477 e. The second-order valence-corrected chi connectivity index (χ2v) is 4.97. The minimum atomic E-state index is -1.06. The van der Waals surface area contributed by atoms with Crippen molar-refractivity contribution in [1.82, 2.24) is 4.98 Å². The van der Waals surface area contributed by atoms with Crippen LogP contribution in [0.2, 0.25) is 0 Å². The number of pyridine rings is 1. The third-order valence-electron chi connectivity index (χ3n) is 3.60. The van der Waals surface area contributed by atoms with Gasteiger partial charge in [0.15, 0.2) is 0 Å². The third kappa shape index (κ3) is 2.60. The number of hydrogen-bond acceptors (Lipinski definition) is 4. The maximum Gasteiger partial charge on any atom is 0.341 e. The fourth-order valence-electron chi connectivity index (χ4n) is 2.52. The molecule has 0 saturated heterocycles. The average molecular weight is 285 g/mol. The Balaban J connectivity index is 2.03. The summed E-state index contributed by atoms with van der Waals surface area (Å²) in [7, 11) is 0. The van der Waals surface area contributed by atoms with Gasteiger partial charge in [-0.15, -0.1) is 0 Å². The van der Waals surface area contributed by atoms with Crippen LogP contribution in [0.15, 0.2) is 30.3 Å². The Kier molecular flexibility index (Phi) is 3.58. The van der Waals surface area contributed by atoms with Gasteiger partial charge in [0, 0.05) is 11.3 Å². The quantitative estimate of drug-likeness (QED) is 0.902. The number of fused-ring (bicyclic) bond motifs is 1. The van der Waals surface area contributed by atoms with Crippen molar-refractivity contribution in [3.05, 3.63) is 52.7 Å². The molecular formula is C16H15NO4. The van der Waals surface area contributed by atoms with Crippen molar-refractivity contribution >= 4 is 5.97 Å². The fourth-order valence-corrected chi connectivity index (χ4v) is 2.52. The van der Waals surface area contributed by atoms with Crippen molar-refractivity contribution in [3.8, 4) is 11.6 Å². The first-order valence-corrected chi connectivity index (χ1v) is 6.81. The molecule has 0 bridgehead atoms. The number of carboxylic acids is 1. The van der Waals surface area contributed by atoms with E-state index in [9.17, 15) is 15.0 Å². The number of carbonyl (C=O) groups is 1. The number of aliphatic hydroxyl groups is 1. The fraction of sp³-hybridized carbons (Fsp3) is 0.250. The summed E-state index contributed by atoms with van der Waals surface area (Å²) in [4.78, 5) is 15.8. The van der Waals surface area contributed by atoms with Crippen molar-refractivity contribution < 1.29 is 19.7 Å². The number of hydrogen-bond donors (Lipinski definition) is 2. The highest BCUT2D eigenvalue weighted by atomic mass is 16.5. The van der Waals surface area contributed by atoms with Gasteiger partial charge in [-0.25, -0.2) is 9.78 Å². The molecule has 1 heterocycles. The average Bonchev–Trinajstić information content (AvgIpc) is 2.94. The van der Waals surface area contributed by atoms with Crippen LogP contribution in [0.1, 0.15) is 33.6 Å². The van der Waals surface area contributed by atoms with E-state index in [4.69, 9.17) is 4.74 Å². The molecule has 108 valence electrons. The number of aliphatic hydroxyl groups excluding tert-OH is 1. The van der Waals surface area contributed by atoms with Gasteiger partial charge in [-0.05, 0) is 37.0 Å². The van der Waals surface area contributed by atoms with Gasteiger partial charge in [-0.3, -0.25) is 0 Å². The first-order valence-electron chi connectivity index (χ1n) is 6.81. The number of ether oxygens (including phenoxy) is 1. The topological polar surface area (TPSA) is 79.7 Å². The molecule has 0 unspecified atom stereocenters. The number of aromatic nitrogens is 1. The summed E-state index contributed by atoms with van der Waals surface area (Å²) in [6.45, 7) is -0.177. The summed E-state index contributed by atoms with van der Waals surface area (Å²) in [5.74, 6) is -0.550. The number of aromatic carboxylic acids is 1. The lowest BCUT2D eigenvalue weighted by molar-refractivity contribution is 0.0693. The zero-order chi connectivity index (χ0) is 14.8. The van der Waals surface area contributed by atoms with Gasteiger partial charge in [0.1, 0.15) is 11.3 Å². The Morgan fingerprint density at radius 3 is 2.86 bits per heavy atom. The van der Waals surface area contributed by atoms with Gasteiger partial charge in [0.25, 0.3) is 0 Å². The zero-order valence-corrected chi connectivity index (χ0v) is 11.4. The second-order valence-electron chi connectivity index (χ2n) is 4.97. The Morgan fingerprint density at radius 1 is 1.29 bits per heavy atom. The zero-order valence-electron chi connectivity index (χ0n) is 11.4. The number of benzene rings is 1. The van der Waals surface area contributed by atoms with E-state index in [1.807, 2.05) is 0 Å². The molecule has 1 aromatic heterocycles. The van der Waals surface area contributed by atoms with Crippen LogP contribution in [-0.4, -0.2) is 21.2 Å². The Hall–Kier alpha value is -2.40. The molecule has 5 nitrogen and oxygen atoms in total. The molecular weight excluding hydrogens is 270 g/mol. The summed E-state index contributed by atoms with van der Waals surface area (Å²) in [6.07, 6.45) is 2.68. The van der Waals surface area contributed by atoms with Crippen molar-refractivity contribution in [3.63, 3.8) is 0 Å². The molecule has 1 aliphatic rings. The van der Waals surface area contributed by atoms with Crippen LogP contribution in [0.3, 0.4) is 0 Å². The van der Waals surface area contributed by atoms with Crippen molar-refractivity contribution in [1.29, 1.82) is 0 Å². The first-order chi connectivity index (χ1) is 10.2. The number of carboxylic acid groups (broad SMARTS) is 1. The molecule has 0 aliphatic heterocycles. The molecule has 0 spiro atoms.